The summed E-state index contributed by atoms with van der Waals surface area (Å²) in [6, 6.07) is 10.8. The summed E-state index contributed by atoms with van der Waals surface area (Å²) in [5.74, 6) is 1.05. The smallest absolute Gasteiger partial charge is 0.228 e. The van der Waals surface area contributed by atoms with Gasteiger partial charge in [0, 0.05) is 33.9 Å². The fraction of sp³-hybridized carbons (Fsp3) is 0.167. The van der Waals surface area contributed by atoms with E-state index in [0.29, 0.717) is 22.2 Å². The van der Waals surface area contributed by atoms with Gasteiger partial charge in [-0.1, -0.05) is 11.6 Å². The van der Waals surface area contributed by atoms with Gasteiger partial charge in [-0.25, -0.2) is 0 Å². The fourth-order valence-electron chi connectivity index (χ4n) is 2.59. The summed E-state index contributed by atoms with van der Waals surface area (Å²) in [5, 5.41) is 4.46. The number of ether oxygens (including phenoxy) is 2. The molecule has 1 aromatic heterocycles. The lowest BCUT2D eigenvalue weighted by molar-refractivity contribution is -0.115. The predicted molar refractivity (Wildman–Crippen MR) is 95.2 cm³/mol. The summed E-state index contributed by atoms with van der Waals surface area (Å²) in [6.45, 7) is 0. The van der Waals surface area contributed by atoms with Gasteiger partial charge in [-0.15, -0.1) is 0 Å². The first-order valence-corrected chi connectivity index (χ1v) is 7.76. The number of aromatic amines is 1. The van der Waals surface area contributed by atoms with Crippen LogP contribution in [0.15, 0.2) is 42.6 Å². The Morgan fingerprint density at radius 1 is 1.12 bits per heavy atom. The number of nitrogens with one attached hydrogen (secondary N) is 2. The first kappa shape index (κ1) is 16.2. The van der Waals surface area contributed by atoms with Gasteiger partial charge in [-0.3, -0.25) is 4.79 Å². The third-order valence-corrected chi connectivity index (χ3v) is 3.98. The molecule has 3 rings (SSSR count). The molecule has 0 bridgehead atoms. The molecule has 0 saturated heterocycles. The van der Waals surface area contributed by atoms with Crippen molar-refractivity contribution in [3.05, 3.63) is 53.2 Å². The van der Waals surface area contributed by atoms with Crippen molar-refractivity contribution in [2.75, 3.05) is 19.5 Å². The van der Waals surface area contributed by atoms with E-state index in [1.165, 1.54) is 0 Å². The molecule has 124 valence electrons. The Morgan fingerprint density at radius 3 is 2.67 bits per heavy atom. The van der Waals surface area contributed by atoms with Gasteiger partial charge in [0.15, 0.2) is 11.5 Å². The van der Waals surface area contributed by atoms with Crippen molar-refractivity contribution in [1.29, 1.82) is 0 Å². The summed E-state index contributed by atoms with van der Waals surface area (Å²) in [7, 11) is 3.12. The molecule has 0 spiro atoms. The van der Waals surface area contributed by atoms with Crippen LogP contribution in [0.1, 0.15) is 5.56 Å². The number of carbonyl (C=O) groups excluding carboxylic acids is 1. The molecule has 0 aliphatic heterocycles. The number of fused-ring (bicyclic) bond motifs is 1. The van der Waals surface area contributed by atoms with Crippen LogP contribution in [0.4, 0.5) is 5.69 Å². The monoisotopic (exact) mass is 344 g/mol. The quantitative estimate of drug-likeness (QED) is 0.734. The molecule has 3 aromatic rings. The first-order valence-electron chi connectivity index (χ1n) is 7.38. The Morgan fingerprint density at radius 2 is 1.92 bits per heavy atom. The standard InChI is InChI=1S/C18H17ClN2O3/c1-23-16-6-4-13(9-17(16)24-2)21-18(22)7-11-10-20-15-5-3-12(19)8-14(11)15/h3-6,8-10,20H,7H2,1-2H3,(H,21,22). The van der Waals surface area contributed by atoms with Crippen molar-refractivity contribution in [2.45, 2.75) is 6.42 Å². The van der Waals surface area contributed by atoms with Crippen LogP contribution >= 0.6 is 11.6 Å². The lowest BCUT2D eigenvalue weighted by Crippen LogP contribution is -2.14. The number of halogens is 1. The highest BCUT2D eigenvalue weighted by Crippen LogP contribution is 2.30. The maximum Gasteiger partial charge on any atom is 0.228 e. The molecule has 0 radical (unpaired) electrons. The van der Waals surface area contributed by atoms with Crippen LogP contribution in [-0.4, -0.2) is 25.1 Å². The summed E-state index contributed by atoms with van der Waals surface area (Å²) in [5.41, 5.74) is 2.49. The van der Waals surface area contributed by atoms with Crippen LogP contribution in [0.3, 0.4) is 0 Å². The molecule has 0 aliphatic carbocycles. The van der Waals surface area contributed by atoms with E-state index in [4.69, 9.17) is 21.1 Å². The average molecular weight is 345 g/mol. The highest BCUT2D eigenvalue weighted by Gasteiger charge is 2.11. The van der Waals surface area contributed by atoms with E-state index >= 15 is 0 Å². The summed E-state index contributed by atoms with van der Waals surface area (Å²) in [4.78, 5) is 15.5. The zero-order chi connectivity index (χ0) is 17.1. The van der Waals surface area contributed by atoms with Crippen molar-refractivity contribution in [3.63, 3.8) is 0 Å². The van der Waals surface area contributed by atoms with Gasteiger partial charge in [-0.05, 0) is 35.9 Å². The lowest BCUT2D eigenvalue weighted by Gasteiger charge is -2.10. The zero-order valence-electron chi connectivity index (χ0n) is 13.4. The zero-order valence-corrected chi connectivity index (χ0v) is 14.1. The molecule has 1 amide bonds. The van der Waals surface area contributed by atoms with E-state index < -0.39 is 0 Å². The van der Waals surface area contributed by atoms with E-state index in [0.717, 1.165) is 16.5 Å². The van der Waals surface area contributed by atoms with Gasteiger partial charge in [0.2, 0.25) is 5.91 Å². The molecular formula is C18H17ClN2O3. The normalized spacial score (nSPS) is 10.6. The first-order chi connectivity index (χ1) is 11.6. The van der Waals surface area contributed by atoms with Gasteiger partial charge in [-0.2, -0.15) is 0 Å². The highest BCUT2D eigenvalue weighted by molar-refractivity contribution is 6.31. The summed E-state index contributed by atoms with van der Waals surface area (Å²) >= 11 is 6.04. The van der Waals surface area contributed by atoms with Crippen LogP contribution in [0.25, 0.3) is 10.9 Å². The van der Waals surface area contributed by atoms with Gasteiger partial charge in [0.25, 0.3) is 0 Å². The van der Waals surface area contributed by atoms with E-state index in [2.05, 4.69) is 10.3 Å². The minimum atomic E-state index is -0.122. The Bertz CT molecular complexity index is 889. The molecule has 5 nitrogen and oxygen atoms in total. The van der Waals surface area contributed by atoms with Crippen LogP contribution in [0, 0.1) is 0 Å². The van der Waals surface area contributed by atoms with E-state index in [9.17, 15) is 4.79 Å². The second-order valence-corrected chi connectivity index (χ2v) is 5.73. The number of carbonyl (C=O) groups is 1. The summed E-state index contributed by atoms with van der Waals surface area (Å²) < 4.78 is 10.4. The Balaban J connectivity index is 1.76. The molecule has 0 aliphatic rings. The van der Waals surface area contributed by atoms with Gasteiger partial charge in [0.05, 0.1) is 20.6 Å². The van der Waals surface area contributed by atoms with E-state index in [-0.39, 0.29) is 12.3 Å². The Kier molecular flexibility index (Phi) is 4.62. The second kappa shape index (κ2) is 6.84. The third-order valence-electron chi connectivity index (χ3n) is 3.75. The SMILES string of the molecule is COc1ccc(NC(=O)Cc2c[nH]c3ccc(Cl)cc23)cc1OC. The largest absolute Gasteiger partial charge is 0.493 e. The van der Waals surface area contributed by atoms with Gasteiger partial charge in [0.1, 0.15) is 0 Å². The number of amides is 1. The molecule has 2 N–H and O–H groups in total. The van der Waals surface area contributed by atoms with Crippen LogP contribution in [0.5, 0.6) is 11.5 Å². The van der Waals surface area contributed by atoms with Crippen LogP contribution < -0.4 is 14.8 Å². The third kappa shape index (κ3) is 3.31. The number of anilines is 1. The number of rotatable bonds is 5. The summed E-state index contributed by atoms with van der Waals surface area (Å²) in [6.07, 6.45) is 2.07. The lowest BCUT2D eigenvalue weighted by atomic mass is 10.1. The van der Waals surface area contributed by atoms with Crippen molar-refractivity contribution in [3.8, 4) is 11.5 Å². The number of hydrogen-bond donors (Lipinski definition) is 2. The van der Waals surface area contributed by atoms with Gasteiger partial charge < -0.3 is 19.8 Å². The molecule has 0 fully saturated rings. The minimum absolute atomic E-state index is 0.122. The maximum atomic E-state index is 12.3. The predicted octanol–water partition coefficient (Wildman–Crippen LogP) is 4.02. The molecule has 6 heteroatoms. The molecule has 1 heterocycles. The Labute approximate surface area is 144 Å². The highest BCUT2D eigenvalue weighted by atomic mass is 35.5. The molecular weight excluding hydrogens is 328 g/mol. The van der Waals surface area contributed by atoms with Crippen molar-refractivity contribution in [2.24, 2.45) is 0 Å². The van der Waals surface area contributed by atoms with Crippen molar-refractivity contribution in [1.82, 2.24) is 4.98 Å². The van der Waals surface area contributed by atoms with E-state index in [1.54, 1.807) is 32.4 Å². The minimum Gasteiger partial charge on any atom is -0.493 e. The molecule has 0 saturated carbocycles. The van der Waals surface area contributed by atoms with Crippen LogP contribution in [-0.2, 0) is 11.2 Å². The van der Waals surface area contributed by atoms with E-state index in [1.807, 2.05) is 24.4 Å². The number of hydrogen-bond acceptors (Lipinski definition) is 3. The maximum absolute atomic E-state index is 12.3. The van der Waals surface area contributed by atoms with Gasteiger partial charge >= 0.3 is 0 Å². The molecule has 0 unspecified atom stereocenters. The second-order valence-electron chi connectivity index (χ2n) is 5.30. The van der Waals surface area contributed by atoms with Crippen LogP contribution in [0.2, 0.25) is 5.02 Å². The Hall–Kier alpha value is -2.66. The number of H-pyrrole nitrogens is 1. The number of methoxy groups -OCH3 is 2. The number of benzene rings is 2. The average Bonchev–Trinajstić information content (AvgIpc) is 2.96. The molecule has 2 aromatic carbocycles. The number of aromatic nitrogens is 1. The van der Waals surface area contributed by atoms with Crippen molar-refractivity contribution < 1.29 is 14.3 Å². The fourth-order valence-corrected chi connectivity index (χ4v) is 2.76. The topological polar surface area (TPSA) is 63.3 Å². The molecule has 24 heavy (non-hydrogen) atoms. The molecule has 0 atom stereocenters. The van der Waals surface area contributed by atoms with Crippen molar-refractivity contribution >= 4 is 34.1 Å².